The van der Waals surface area contributed by atoms with Gasteiger partial charge in [0.2, 0.25) is 0 Å². The second kappa shape index (κ2) is 12.7. The quantitative estimate of drug-likeness (QED) is 0.180. The Labute approximate surface area is 253 Å². The number of aromatic nitrogens is 2. The van der Waals surface area contributed by atoms with Crippen molar-refractivity contribution in [3.05, 3.63) is 94.6 Å². The van der Waals surface area contributed by atoms with Gasteiger partial charge in [-0.3, -0.25) is 0 Å². The van der Waals surface area contributed by atoms with Crippen molar-refractivity contribution in [3.8, 4) is 0 Å². The van der Waals surface area contributed by atoms with E-state index in [-0.39, 0.29) is 0 Å². The summed E-state index contributed by atoms with van der Waals surface area (Å²) < 4.78 is 4.35. The first-order chi connectivity index (χ1) is 18.6. The molecule has 2 aromatic heterocycles. The molecule has 0 N–H and O–H groups in total. The van der Waals surface area contributed by atoms with Crippen molar-refractivity contribution in [1.82, 2.24) is 9.35 Å². The zero-order valence-corrected chi connectivity index (χ0v) is 28.1. The first-order valence-corrected chi connectivity index (χ1v) is 18.4. The summed E-state index contributed by atoms with van der Waals surface area (Å²) in [6, 6.07) is 21.9. The van der Waals surface area contributed by atoms with Crippen LogP contribution in [0.4, 0.5) is 0 Å². The van der Waals surface area contributed by atoms with Crippen molar-refractivity contribution >= 4 is 50.6 Å². The molecule has 0 unspecified atom stereocenters. The second-order valence-corrected chi connectivity index (χ2v) is 16.2. The molecule has 0 spiro atoms. The van der Waals surface area contributed by atoms with Gasteiger partial charge in [-0.25, -0.2) is 9.35 Å². The molecule has 0 saturated heterocycles. The van der Waals surface area contributed by atoms with Gasteiger partial charge in [0.15, 0.2) is 0 Å². The molecule has 210 valence electrons. The van der Waals surface area contributed by atoms with Crippen LogP contribution in [0.3, 0.4) is 0 Å². The molecule has 0 fully saturated rings. The summed E-state index contributed by atoms with van der Waals surface area (Å²) in [7, 11) is 1.25. The Hall–Kier alpha value is -1.95. The number of benzene rings is 2. The number of halogens is 2. The van der Waals surface area contributed by atoms with Crippen LogP contribution >= 0.6 is 28.5 Å². The average molecular weight is 697 g/mol. The SMILES string of the molecule is CC(C)c1ccc(C(C)C)n1/N=C1/C(=N/n2c(C(C)C)ccc2C(C)C)c2cccc3cccc1c23.[Br][Ni][Br]. The maximum atomic E-state index is 5.40. The molecule has 4 aromatic rings. The van der Waals surface area contributed by atoms with Crippen molar-refractivity contribution in [3.63, 3.8) is 0 Å². The van der Waals surface area contributed by atoms with E-state index in [0.717, 1.165) is 22.6 Å². The van der Waals surface area contributed by atoms with Gasteiger partial charge in [0, 0.05) is 39.3 Å². The van der Waals surface area contributed by atoms with Gasteiger partial charge in [-0.05, 0) is 53.3 Å². The van der Waals surface area contributed by atoms with E-state index in [1.807, 2.05) is 0 Å². The predicted molar refractivity (Wildman–Crippen MR) is 171 cm³/mol. The topological polar surface area (TPSA) is 34.6 Å². The summed E-state index contributed by atoms with van der Waals surface area (Å²) in [5.41, 5.74) is 9.09. The van der Waals surface area contributed by atoms with Crippen LogP contribution in [-0.4, -0.2) is 20.8 Å². The Bertz CT molecular complexity index is 1360. The van der Waals surface area contributed by atoms with E-state index in [9.17, 15) is 0 Å². The van der Waals surface area contributed by atoms with Crippen LogP contribution in [0.1, 0.15) is 113 Å². The third kappa shape index (κ3) is 5.92. The third-order valence-corrected chi connectivity index (χ3v) is 7.23. The molecule has 5 rings (SSSR count). The van der Waals surface area contributed by atoms with Gasteiger partial charge in [-0.15, -0.1) is 0 Å². The summed E-state index contributed by atoms with van der Waals surface area (Å²) in [5, 5.41) is 13.3. The number of nitrogens with zero attached hydrogens (tertiary/aromatic N) is 4. The molecule has 0 saturated carbocycles. The third-order valence-electron chi connectivity index (χ3n) is 7.23. The normalized spacial score (nSPS) is 15.1. The van der Waals surface area contributed by atoms with Gasteiger partial charge >= 0.3 is 39.3 Å². The molecule has 0 radical (unpaired) electrons. The van der Waals surface area contributed by atoms with E-state index < -0.39 is 0 Å². The molecule has 1 aliphatic carbocycles. The maximum absolute atomic E-state index is 5.40. The van der Waals surface area contributed by atoms with Crippen molar-refractivity contribution in [2.24, 2.45) is 10.2 Å². The zero-order valence-electron chi connectivity index (χ0n) is 23.9. The number of hydrogen-bond acceptors (Lipinski definition) is 2. The van der Waals surface area contributed by atoms with Gasteiger partial charge in [0.05, 0.1) is 0 Å². The van der Waals surface area contributed by atoms with Crippen LogP contribution in [0.25, 0.3) is 10.8 Å². The van der Waals surface area contributed by atoms with E-state index in [1.165, 1.54) is 44.4 Å². The van der Waals surface area contributed by atoms with Crippen LogP contribution in [0.15, 0.2) is 70.9 Å². The monoisotopic (exact) mass is 694 g/mol. The van der Waals surface area contributed by atoms with Crippen molar-refractivity contribution in [1.29, 1.82) is 0 Å². The van der Waals surface area contributed by atoms with Gasteiger partial charge < -0.3 is 0 Å². The van der Waals surface area contributed by atoms with Crippen LogP contribution in [0.5, 0.6) is 0 Å². The molecule has 1 aliphatic rings. The molecule has 2 heterocycles. The fourth-order valence-corrected chi connectivity index (χ4v) is 5.29. The molecule has 4 nitrogen and oxygen atoms in total. The Balaban J connectivity index is 0.00000112. The first-order valence-electron chi connectivity index (χ1n) is 13.6. The van der Waals surface area contributed by atoms with Crippen molar-refractivity contribution < 1.29 is 10.9 Å². The number of hydrogen-bond donors (Lipinski definition) is 0. The molecule has 2 aromatic carbocycles. The summed E-state index contributed by atoms with van der Waals surface area (Å²) >= 11 is 6.00. The minimum atomic E-state index is 0.367. The molecule has 0 amide bonds. The Morgan fingerprint density at radius 2 is 0.846 bits per heavy atom. The van der Waals surface area contributed by atoms with Gasteiger partial charge in [-0.2, -0.15) is 10.2 Å². The number of rotatable bonds is 6. The van der Waals surface area contributed by atoms with E-state index in [2.05, 4.69) is 154 Å². The molecule has 7 heteroatoms. The summed E-state index contributed by atoms with van der Waals surface area (Å²) in [6.45, 7) is 17.9. The van der Waals surface area contributed by atoms with E-state index in [4.69, 9.17) is 10.2 Å². The van der Waals surface area contributed by atoms with Crippen LogP contribution in [0.2, 0.25) is 0 Å². The van der Waals surface area contributed by atoms with Crippen LogP contribution < -0.4 is 0 Å². The standard InChI is InChI=1S/C32H38N4.2BrH.Ni/c1-19(2)26-15-16-27(20(3)4)35(26)33-31-24-13-9-11-23-12-10-14-25(30(23)24)32(31)34-36-28(21(5)6)17-18-29(36)22(7)8;;;/h9-22H,1-8H3;2*1H;/q;;;+2/p-2/b33-31+,34-32+;;;. The van der Waals surface area contributed by atoms with Gasteiger partial charge in [0.1, 0.15) is 11.4 Å². The molecule has 0 atom stereocenters. The predicted octanol–water partition coefficient (Wildman–Crippen LogP) is 10.1. The minimum absolute atomic E-state index is 0.367. The average Bonchev–Trinajstić information content (AvgIpc) is 3.57. The first kappa shape index (κ1) is 30.0. The van der Waals surface area contributed by atoms with E-state index in [1.54, 1.807) is 0 Å². The fourth-order valence-electron chi connectivity index (χ4n) is 5.29. The van der Waals surface area contributed by atoms with Gasteiger partial charge in [-0.1, -0.05) is 91.8 Å². The Morgan fingerprint density at radius 1 is 0.538 bits per heavy atom. The zero-order chi connectivity index (χ0) is 28.4. The summed E-state index contributed by atoms with van der Waals surface area (Å²) in [6.07, 6.45) is 0. The molecule has 0 aliphatic heterocycles. The molecule has 39 heavy (non-hydrogen) atoms. The Morgan fingerprint density at radius 3 is 1.13 bits per heavy atom. The Kier molecular flexibility index (Phi) is 9.78. The van der Waals surface area contributed by atoms with E-state index in [0.29, 0.717) is 23.7 Å². The molecule has 0 bridgehead atoms. The van der Waals surface area contributed by atoms with Crippen LogP contribution in [0, 0.1) is 0 Å². The molecular weight excluding hydrogens is 659 g/mol. The van der Waals surface area contributed by atoms with E-state index >= 15 is 0 Å². The van der Waals surface area contributed by atoms with Crippen molar-refractivity contribution in [2.45, 2.75) is 79.1 Å². The van der Waals surface area contributed by atoms with Gasteiger partial charge in [0.25, 0.3) is 0 Å². The summed E-state index contributed by atoms with van der Waals surface area (Å²) in [5.74, 6) is 1.47. The fraction of sp³-hybridized carbons (Fsp3) is 0.375. The second-order valence-electron chi connectivity index (χ2n) is 11.3. The summed E-state index contributed by atoms with van der Waals surface area (Å²) in [4.78, 5) is 0. The van der Waals surface area contributed by atoms with Crippen molar-refractivity contribution in [2.75, 3.05) is 0 Å². The van der Waals surface area contributed by atoms with Crippen LogP contribution in [-0.2, 0) is 10.9 Å². The molecular formula is C32H38Br2N4Ni.